The molecule has 7 heteroatoms. The van der Waals surface area contributed by atoms with Crippen LogP contribution in [0.25, 0.3) is 11.5 Å². The van der Waals surface area contributed by atoms with E-state index in [-0.39, 0.29) is 5.82 Å². The molecule has 1 saturated heterocycles. The summed E-state index contributed by atoms with van der Waals surface area (Å²) >= 11 is 0. The molecule has 0 amide bonds. The molecular weight excluding hydrogens is 265 g/mol. The topological polar surface area (TPSA) is 82.6 Å². The third kappa shape index (κ3) is 2.69. The van der Waals surface area contributed by atoms with Crippen LogP contribution in [0, 0.1) is 5.82 Å². The van der Waals surface area contributed by atoms with Crippen LogP contribution in [-0.2, 0) is 6.54 Å². The quantitative estimate of drug-likeness (QED) is 0.847. The lowest BCUT2D eigenvalue weighted by Gasteiger charge is -2.10. The predicted molar refractivity (Wildman–Crippen MR) is 67.0 cm³/mol. The first kappa shape index (κ1) is 13.2. The van der Waals surface area contributed by atoms with Gasteiger partial charge in [-0.15, -0.1) is 10.2 Å². The largest absolute Gasteiger partial charge is 0.419 e. The summed E-state index contributed by atoms with van der Waals surface area (Å²) in [6.45, 7) is 1.10. The number of benzene rings is 1. The van der Waals surface area contributed by atoms with Gasteiger partial charge in [-0.05, 0) is 24.3 Å². The maximum atomic E-state index is 12.8. The Balaban J connectivity index is 1.69. The molecule has 2 atom stereocenters. The normalized spacial score (nSPS) is 23.4. The fourth-order valence-electron chi connectivity index (χ4n) is 2.19. The van der Waals surface area contributed by atoms with E-state index in [1.165, 1.54) is 12.1 Å². The average molecular weight is 279 g/mol. The number of hydrogen-bond donors (Lipinski definition) is 2. The first-order chi connectivity index (χ1) is 9.61. The molecule has 6 nitrogen and oxygen atoms in total. The van der Waals surface area contributed by atoms with Gasteiger partial charge in [0.25, 0.3) is 0 Å². The van der Waals surface area contributed by atoms with Gasteiger partial charge in [0.2, 0.25) is 11.8 Å². The van der Waals surface area contributed by atoms with Crippen molar-refractivity contribution in [3.8, 4) is 11.5 Å². The van der Waals surface area contributed by atoms with Crippen LogP contribution >= 0.6 is 0 Å². The molecule has 1 aliphatic rings. The highest BCUT2D eigenvalue weighted by Gasteiger charge is 2.30. The summed E-state index contributed by atoms with van der Waals surface area (Å²) in [6.07, 6.45) is -1.48. The molecule has 20 heavy (non-hydrogen) atoms. The molecule has 2 N–H and O–H groups in total. The smallest absolute Gasteiger partial charge is 0.247 e. The molecule has 1 fully saturated rings. The van der Waals surface area contributed by atoms with Crippen LogP contribution in [0.1, 0.15) is 5.89 Å². The van der Waals surface area contributed by atoms with E-state index in [9.17, 15) is 14.6 Å². The van der Waals surface area contributed by atoms with Gasteiger partial charge in [-0.25, -0.2) is 4.39 Å². The van der Waals surface area contributed by atoms with Crippen molar-refractivity contribution in [1.82, 2.24) is 15.1 Å². The van der Waals surface area contributed by atoms with Gasteiger partial charge in [-0.1, -0.05) is 0 Å². The van der Waals surface area contributed by atoms with Crippen molar-refractivity contribution < 1.29 is 19.0 Å². The summed E-state index contributed by atoms with van der Waals surface area (Å²) in [5.74, 6) is 0.388. The first-order valence-corrected chi connectivity index (χ1v) is 6.28. The van der Waals surface area contributed by atoms with Crippen molar-refractivity contribution in [3.05, 3.63) is 36.0 Å². The molecule has 1 aromatic carbocycles. The number of aromatic nitrogens is 2. The molecule has 0 unspecified atom stereocenters. The number of hydrogen-bond acceptors (Lipinski definition) is 6. The van der Waals surface area contributed by atoms with E-state index in [2.05, 4.69) is 10.2 Å². The summed E-state index contributed by atoms with van der Waals surface area (Å²) in [7, 11) is 0. The lowest BCUT2D eigenvalue weighted by Crippen LogP contribution is -2.22. The summed E-state index contributed by atoms with van der Waals surface area (Å²) in [5.41, 5.74) is 0.645. The monoisotopic (exact) mass is 279 g/mol. The van der Waals surface area contributed by atoms with Crippen molar-refractivity contribution in [1.29, 1.82) is 0 Å². The molecule has 106 valence electrons. The zero-order valence-corrected chi connectivity index (χ0v) is 10.6. The Bertz CT molecular complexity index is 577. The van der Waals surface area contributed by atoms with E-state index in [0.29, 0.717) is 37.0 Å². The van der Waals surface area contributed by atoms with Gasteiger partial charge in [0, 0.05) is 18.7 Å². The predicted octanol–water partition coefficient (Wildman–Crippen LogP) is 0.413. The maximum absolute atomic E-state index is 12.8. The molecule has 1 aliphatic heterocycles. The Hall–Kier alpha value is -1.83. The van der Waals surface area contributed by atoms with Gasteiger partial charge in [0.05, 0.1) is 18.8 Å². The maximum Gasteiger partial charge on any atom is 0.247 e. The zero-order chi connectivity index (χ0) is 14.1. The number of halogens is 1. The van der Waals surface area contributed by atoms with Gasteiger partial charge < -0.3 is 14.6 Å². The Labute approximate surface area is 114 Å². The standard InChI is InChI=1S/C13H14FN3O3/c14-9-3-1-8(2-4-9)13-16-15-12(20-13)7-17-5-10(18)11(19)6-17/h1-4,10-11,18-19H,5-7H2/t10-,11+. The van der Waals surface area contributed by atoms with Crippen molar-refractivity contribution in [2.24, 2.45) is 0 Å². The van der Waals surface area contributed by atoms with E-state index in [0.717, 1.165) is 0 Å². The highest BCUT2D eigenvalue weighted by molar-refractivity contribution is 5.51. The molecule has 3 rings (SSSR count). The summed E-state index contributed by atoms with van der Waals surface area (Å²) in [4.78, 5) is 1.83. The Morgan fingerprint density at radius 2 is 1.80 bits per heavy atom. The van der Waals surface area contributed by atoms with Crippen molar-refractivity contribution in [3.63, 3.8) is 0 Å². The van der Waals surface area contributed by atoms with Crippen LogP contribution in [0.5, 0.6) is 0 Å². The van der Waals surface area contributed by atoms with Gasteiger partial charge in [0.15, 0.2) is 0 Å². The van der Waals surface area contributed by atoms with E-state index in [4.69, 9.17) is 4.42 Å². The van der Waals surface area contributed by atoms with Crippen LogP contribution in [0.4, 0.5) is 4.39 Å². The minimum Gasteiger partial charge on any atom is -0.419 e. The number of aliphatic hydroxyl groups is 2. The number of likely N-dealkylation sites (tertiary alicyclic amines) is 1. The van der Waals surface area contributed by atoms with Crippen molar-refractivity contribution in [2.45, 2.75) is 18.8 Å². The Morgan fingerprint density at radius 3 is 2.45 bits per heavy atom. The fourth-order valence-corrected chi connectivity index (χ4v) is 2.19. The van der Waals surface area contributed by atoms with Gasteiger partial charge in [0.1, 0.15) is 5.82 Å². The highest BCUT2D eigenvalue weighted by atomic mass is 19.1. The second-order valence-corrected chi connectivity index (χ2v) is 4.84. The summed E-state index contributed by atoms with van der Waals surface area (Å²) < 4.78 is 18.3. The van der Waals surface area contributed by atoms with E-state index in [1.807, 2.05) is 4.90 Å². The number of rotatable bonds is 3. The molecule has 2 aromatic rings. The molecule has 0 radical (unpaired) electrons. The number of β-amino-alcohol motifs (C(OH)–C–C–N with tert-alkyl or cyclic N) is 2. The van der Waals surface area contributed by atoms with E-state index in [1.54, 1.807) is 12.1 Å². The lowest BCUT2D eigenvalue weighted by atomic mass is 10.2. The molecule has 2 heterocycles. The highest BCUT2D eigenvalue weighted by Crippen LogP contribution is 2.20. The molecule has 1 aromatic heterocycles. The molecule has 0 saturated carbocycles. The van der Waals surface area contributed by atoms with Crippen molar-refractivity contribution in [2.75, 3.05) is 13.1 Å². The lowest BCUT2D eigenvalue weighted by molar-refractivity contribution is 0.0572. The molecule has 0 bridgehead atoms. The van der Waals surface area contributed by atoms with Gasteiger partial charge in [-0.3, -0.25) is 4.90 Å². The Kier molecular flexibility index (Phi) is 3.47. The third-order valence-corrected chi connectivity index (χ3v) is 3.25. The first-order valence-electron chi connectivity index (χ1n) is 6.28. The molecular formula is C13H14FN3O3. The third-order valence-electron chi connectivity index (χ3n) is 3.25. The molecule has 0 aliphatic carbocycles. The van der Waals surface area contributed by atoms with Crippen LogP contribution in [0.3, 0.4) is 0 Å². The van der Waals surface area contributed by atoms with Crippen LogP contribution in [0.2, 0.25) is 0 Å². The van der Waals surface area contributed by atoms with Crippen molar-refractivity contribution >= 4 is 0 Å². The van der Waals surface area contributed by atoms with E-state index < -0.39 is 12.2 Å². The van der Waals surface area contributed by atoms with Crippen LogP contribution in [0.15, 0.2) is 28.7 Å². The summed E-state index contributed by atoms with van der Waals surface area (Å²) in [5, 5.41) is 26.7. The summed E-state index contributed by atoms with van der Waals surface area (Å²) in [6, 6.07) is 5.78. The zero-order valence-electron chi connectivity index (χ0n) is 10.6. The fraction of sp³-hybridized carbons (Fsp3) is 0.385. The molecule has 0 spiro atoms. The van der Waals surface area contributed by atoms with Crippen LogP contribution < -0.4 is 0 Å². The second-order valence-electron chi connectivity index (χ2n) is 4.84. The number of nitrogens with zero attached hydrogens (tertiary/aromatic N) is 3. The number of aliphatic hydroxyl groups excluding tert-OH is 2. The van der Waals surface area contributed by atoms with Gasteiger partial charge >= 0.3 is 0 Å². The Morgan fingerprint density at radius 1 is 1.15 bits per heavy atom. The minimum atomic E-state index is -0.741. The average Bonchev–Trinajstić information content (AvgIpc) is 2.99. The second kappa shape index (κ2) is 5.28. The van der Waals surface area contributed by atoms with Gasteiger partial charge in [-0.2, -0.15) is 0 Å². The van der Waals surface area contributed by atoms with E-state index >= 15 is 0 Å². The minimum absolute atomic E-state index is 0.320. The SMILES string of the molecule is O[C@@H]1CN(Cc2nnc(-c3ccc(F)cc3)o2)C[C@@H]1O. The van der Waals surface area contributed by atoms with Crippen LogP contribution in [-0.4, -0.2) is 50.6 Å².